The summed E-state index contributed by atoms with van der Waals surface area (Å²) >= 11 is 0. The first-order chi connectivity index (χ1) is 14.1. The lowest BCUT2D eigenvalue weighted by Crippen LogP contribution is -2.24. The minimum Gasteiger partial charge on any atom is -0.493 e. The van der Waals surface area contributed by atoms with Crippen molar-refractivity contribution in [2.24, 2.45) is 0 Å². The van der Waals surface area contributed by atoms with Crippen molar-refractivity contribution in [3.8, 4) is 11.5 Å². The molecule has 0 aliphatic heterocycles. The SMILES string of the molecule is COc1ccc(CCNc2ncnc(NC3CCCCC3)c2[N+](=O)[O-])cc1OC. The second kappa shape index (κ2) is 9.90. The van der Waals surface area contributed by atoms with E-state index < -0.39 is 4.92 Å². The van der Waals surface area contributed by atoms with Crippen LogP contribution in [-0.2, 0) is 6.42 Å². The number of benzene rings is 1. The van der Waals surface area contributed by atoms with Gasteiger partial charge in [0.1, 0.15) is 6.33 Å². The van der Waals surface area contributed by atoms with Crippen LogP contribution in [0.5, 0.6) is 11.5 Å². The quantitative estimate of drug-likeness (QED) is 0.482. The molecule has 29 heavy (non-hydrogen) atoms. The number of hydrogen-bond acceptors (Lipinski definition) is 8. The van der Waals surface area contributed by atoms with Gasteiger partial charge in [-0.25, -0.2) is 9.97 Å². The van der Waals surface area contributed by atoms with E-state index in [0.29, 0.717) is 24.5 Å². The van der Waals surface area contributed by atoms with Crippen molar-refractivity contribution in [3.63, 3.8) is 0 Å². The zero-order chi connectivity index (χ0) is 20.6. The molecule has 0 unspecified atom stereocenters. The Balaban J connectivity index is 1.68. The van der Waals surface area contributed by atoms with E-state index in [0.717, 1.165) is 31.2 Å². The lowest BCUT2D eigenvalue weighted by atomic mass is 9.95. The molecule has 0 atom stereocenters. The Labute approximate surface area is 170 Å². The first-order valence-electron chi connectivity index (χ1n) is 9.83. The maximum atomic E-state index is 11.7. The van der Waals surface area contributed by atoms with Crippen molar-refractivity contribution < 1.29 is 14.4 Å². The maximum Gasteiger partial charge on any atom is 0.353 e. The van der Waals surface area contributed by atoms with E-state index in [1.54, 1.807) is 14.2 Å². The summed E-state index contributed by atoms with van der Waals surface area (Å²) in [5.74, 6) is 1.82. The molecule has 2 N–H and O–H groups in total. The highest BCUT2D eigenvalue weighted by atomic mass is 16.6. The van der Waals surface area contributed by atoms with Gasteiger partial charge in [-0.3, -0.25) is 10.1 Å². The molecule has 9 heteroatoms. The van der Waals surface area contributed by atoms with Gasteiger partial charge in [0.05, 0.1) is 19.1 Å². The van der Waals surface area contributed by atoms with Crippen molar-refractivity contribution in [3.05, 3.63) is 40.2 Å². The van der Waals surface area contributed by atoms with Gasteiger partial charge in [0, 0.05) is 12.6 Å². The maximum absolute atomic E-state index is 11.7. The van der Waals surface area contributed by atoms with Crippen LogP contribution in [0.4, 0.5) is 17.3 Å². The molecule has 0 spiro atoms. The topological polar surface area (TPSA) is 111 Å². The van der Waals surface area contributed by atoms with Gasteiger partial charge in [0.25, 0.3) is 0 Å². The molecule has 1 aliphatic rings. The van der Waals surface area contributed by atoms with E-state index in [1.165, 1.54) is 12.7 Å². The van der Waals surface area contributed by atoms with Crippen LogP contribution >= 0.6 is 0 Å². The average Bonchev–Trinajstić information content (AvgIpc) is 2.74. The van der Waals surface area contributed by atoms with Gasteiger partial charge in [-0.05, 0) is 37.0 Å². The number of nitro groups is 1. The number of hydrogen-bond donors (Lipinski definition) is 2. The van der Waals surface area contributed by atoms with Gasteiger partial charge in [0.2, 0.25) is 11.6 Å². The van der Waals surface area contributed by atoms with Gasteiger partial charge in [-0.15, -0.1) is 0 Å². The number of aromatic nitrogens is 2. The molecule has 9 nitrogen and oxygen atoms in total. The minimum atomic E-state index is -0.427. The fourth-order valence-corrected chi connectivity index (χ4v) is 3.59. The largest absolute Gasteiger partial charge is 0.493 e. The van der Waals surface area contributed by atoms with Crippen molar-refractivity contribution in [2.45, 2.75) is 44.6 Å². The highest BCUT2D eigenvalue weighted by Crippen LogP contribution is 2.32. The standard InChI is InChI=1S/C20H27N5O4/c1-28-16-9-8-14(12-17(16)29-2)10-11-21-19-18(25(26)27)20(23-13-22-19)24-15-6-4-3-5-7-15/h8-9,12-13,15H,3-7,10-11H2,1-2H3,(H2,21,22,23,24). The Morgan fingerprint density at radius 2 is 1.83 bits per heavy atom. The Bertz CT molecular complexity index is 840. The fraction of sp³-hybridized carbons (Fsp3) is 0.500. The summed E-state index contributed by atoms with van der Waals surface area (Å²) < 4.78 is 10.6. The molecule has 1 aliphatic carbocycles. The van der Waals surface area contributed by atoms with E-state index in [4.69, 9.17) is 9.47 Å². The van der Waals surface area contributed by atoms with Gasteiger partial charge in [-0.2, -0.15) is 0 Å². The molecule has 156 valence electrons. The van der Waals surface area contributed by atoms with Crippen LogP contribution in [0.1, 0.15) is 37.7 Å². The second-order valence-corrected chi connectivity index (χ2v) is 7.02. The monoisotopic (exact) mass is 401 g/mol. The van der Waals surface area contributed by atoms with Gasteiger partial charge in [-0.1, -0.05) is 25.3 Å². The van der Waals surface area contributed by atoms with E-state index >= 15 is 0 Å². The van der Waals surface area contributed by atoms with Gasteiger partial charge in [0.15, 0.2) is 11.5 Å². The first kappa shape index (κ1) is 20.6. The number of nitrogens with one attached hydrogen (secondary N) is 2. The average molecular weight is 401 g/mol. The lowest BCUT2D eigenvalue weighted by molar-refractivity contribution is -0.383. The number of ether oxygens (including phenoxy) is 2. The molecule has 3 rings (SSSR count). The lowest BCUT2D eigenvalue weighted by Gasteiger charge is -2.23. The van der Waals surface area contributed by atoms with Gasteiger partial charge < -0.3 is 20.1 Å². The summed E-state index contributed by atoms with van der Waals surface area (Å²) in [6, 6.07) is 5.89. The van der Waals surface area contributed by atoms with Crippen molar-refractivity contribution in [1.29, 1.82) is 0 Å². The Morgan fingerprint density at radius 1 is 1.10 bits per heavy atom. The van der Waals surface area contributed by atoms with Crippen LogP contribution in [0.2, 0.25) is 0 Å². The van der Waals surface area contributed by atoms with E-state index in [2.05, 4.69) is 20.6 Å². The highest BCUT2D eigenvalue weighted by Gasteiger charge is 2.25. The van der Waals surface area contributed by atoms with Crippen LogP contribution < -0.4 is 20.1 Å². The molecule has 0 radical (unpaired) electrons. The Morgan fingerprint density at radius 3 is 2.52 bits per heavy atom. The molecule has 1 fully saturated rings. The fourth-order valence-electron chi connectivity index (χ4n) is 3.59. The molecule has 2 aromatic rings. The predicted molar refractivity (Wildman–Crippen MR) is 111 cm³/mol. The van der Waals surface area contributed by atoms with Crippen LogP contribution in [-0.4, -0.2) is 41.7 Å². The van der Waals surface area contributed by atoms with E-state index in [-0.39, 0.29) is 23.4 Å². The third-order valence-electron chi connectivity index (χ3n) is 5.10. The van der Waals surface area contributed by atoms with Crippen molar-refractivity contribution >= 4 is 17.3 Å². The molecule has 1 aromatic heterocycles. The summed E-state index contributed by atoms with van der Waals surface area (Å²) in [6.45, 7) is 0.482. The molecular formula is C20H27N5O4. The minimum absolute atomic E-state index is 0.106. The summed E-state index contributed by atoms with van der Waals surface area (Å²) in [4.78, 5) is 19.5. The summed E-state index contributed by atoms with van der Waals surface area (Å²) in [5.41, 5.74) is 0.915. The summed E-state index contributed by atoms with van der Waals surface area (Å²) in [5, 5.41) is 18.0. The number of methoxy groups -OCH3 is 2. The van der Waals surface area contributed by atoms with Crippen LogP contribution in [0.25, 0.3) is 0 Å². The number of rotatable bonds is 9. The Hall–Kier alpha value is -3.10. The highest BCUT2D eigenvalue weighted by molar-refractivity contribution is 5.69. The first-order valence-corrected chi connectivity index (χ1v) is 9.83. The van der Waals surface area contributed by atoms with E-state index in [1.807, 2.05) is 18.2 Å². The molecule has 1 aromatic carbocycles. The molecule has 1 heterocycles. The summed E-state index contributed by atoms with van der Waals surface area (Å²) in [6.07, 6.45) is 7.49. The third kappa shape index (κ3) is 5.24. The number of anilines is 2. The smallest absolute Gasteiger partial charge is 0.353 e. The second-order valence-electron chi connectivity index (χ2n) is 7.02. The molecule has 1 saturated carbocycles. The molecular weight excluding hydrogens is 374 g/mol. The molecule has 0 amide bonds. The van der Waals surface area contributed by atoms with Gasteiger partial charge >= 0.3 is 5.69 Å². The normalized spacial score (nSPS) is 14.3. The van der Waals surface area contributed by atoms with E-state index in [9.17, 15) is 10.1 Å². The summed E-state index contributed by atoms with van der Waals surface area (Å²) in [7, 11) is 3.18. The van der Waals surface area contributed by atoms with Crippen LogP contribution in [0, 0.1) is 10.1 Å². The molecule has 0 bridgehead atoms. The van der Waals surface area contributed by atoms with Crippen LogP contribution in [0.3, 0.4) is 0 Å². The predicted octanol–water partition coefficient (Wildman–Crippen LogP) is 3.80. The zero-order valence-electron chi connectivity index (χ0n) is 16.8. The third-order valence-corrected chi connectivity index (χ3v) is 5.10. The Kier molecular flexibility index (Phi) is 7.04. The van der Waals surface area contributed by atoms with Crippen LogP contribution in [0.15, 0.2) is 24.5 Å². The number of nitrogens with zero attached hydrogens (tertiary/aromatic N) is 3. The van der Waals surface area contributed by atoms with Crippen molar-refractivity contribution in [1.82, 2.24) is 9.97 Å². The zero-order valence-corrected chi connectivity index (χ0v) is 16.8. The van der Waals surface area contributed by atoms with Crippen molar-refractivity contribution in [2.75, 3.05) is 31.4 Å². The molecule has 0 saturated heterocycles.